The summed E-state index contributed by atoms with van der Waals surface area (Å²) in [5.41, 5.74) is 0.0768. The maximum absolute atomic E-state index is 12.1. The molecule has 6 nitrogen and oxygen atoms in total. The fraction of sp³-hybridized carbons (Fsp3) is 0.357. The topological polar surface area (TPSA) is 92.4 Å². The number of aliphatic carboxylic acids is 1. The van der Waals surface area contributed by atoms with Gasteiger partial charge in [-0.2, -0.15) is 0 Å². The molecule has 0 saturated heterocycles. The summed E-state index contributed by atoms with van der Waals surface area (Å²) in [6.07, 6.45) is 0.649. The third-order valence-electron chi connectivity index (χ3n) is 3.27. The Morgan fingerprint density at radius 1 is 1.52 bits per heavy atom. The number of aromatic nitrogens is 1. The number of nitrogens with one attached hydrogen (secondary N) is 1. The van der Waals surface area contributed by atoms with Crippen molar-refractivity contribution >= 4 is 23.2 Å². The summed E-state index contributed by atoms with van der Waals surface area (Å²) in [7, 11) is 0. The molecular weight excluding hydrogens is 292 g/mol. The molecule has 0 spiro atoms. The number of carbonyl (C=O) groups excluding carboxylic acids is 1. The van der Waals surface area contributed by atoms with E-state index in [1.807, 2.05) is 24.4 Å². The third kappa shape index (κ3) is 3.49. The summed E-state index contributed by atoms with van der Waals surface area (Å²) >= 11 is 1.47. The number of nitrogens with zero attached hydrogens (tertiary/aromatic N) is 1. The van der Waals surface area contributed by atoms with E-state index >= 15 is 0 Å². The zero-order valence-corrected chi connectivity index (χ0v) is 12.5. The van der Waals surface area contributed by atoms with E-state index in [0.29, 0.717) is 12.2 Å². The molecule has 0 aliphatic rings. The van der Waals surface area contributed by atoms with Gasteiger partial charge in [0.15, 0.2) is 11.5 Å². The molecule has 2 atom stereocenters. The molecule has 21 heavy (non-hydrogen) atoms. The van der Waals surface area contributed by atoms with Crippen LogP contribution >= 0.6 is 11.3 Å². The summed E-state index contributed by atoms with van der Waals surface area (Å²) in [4.78, 5) is 24.1. The average molecular weight is 308 g/mol. The Labute approximate surface area is 125 Å². The Kier molecular flexibility index (Phi) is 4.74. The summed E-state index contributed by atoms with van der Waals surface area (Å²) in [6.45, 7) is 3.65. The molecule has 0 aliphatic heterocycles. The average Bonchev–Trinajstić information content (AvgIpc) is 3.12. The van der Waals surface area contributed by atoms with Gasteiger partial charge >= 0.3 is 5.97 Å². The van der Waals surface area contributed by atoms with Gasteiger partial charge in [-0.05, 0) is 17.4 Å². The number of hydrogen-bond acceptors (Lipinski definition) is 5. The first-order valence-electron chi connectivity index (χ1n) is 6.57. The number of hydrogen-bond donors (Lipinski definition) is 2. The van der Waals surface area contributed by atoms with E-state index < -0.39 is 17.9 Å². The summed E-state index contributed by atoms with van der Waals surface area (Å²) in [6, 6.07) is 4.29. The molecule has 0 aliphatic carbocycles. The number of carbonyl (C=O) groups is 2. The number of amides is 1. The molecule has 2 heterocycles. The highest BCUT2D eigenvalue weighted by Crippen LogP contribution is 2.25. The van der Waals surface area contributed by atoms with Crippen LogP contribution in [0.3, 0.4) is 0 Å². The Morgan fingerprint density at radius 3 is 2.86 bits per heavy atom. The number of rotatable bonds is 6. The lowest BCUT2D eigenvalue weighted by atomic mass is 9.99. The molecule has 0 fully saturated rings. The lowest BCUT2D eigenvalue weighted by Gasteiger charge is -2.19. The van der Waals surface area contributed by atoms with Gasteiger partial charge in [-0.25, -0.2) is 4.79 Å². The first-order chi connectivity index (χ1) is 10.0. The number of carboxylic acid groups (broad SMARTS) is 1. The van der Waals surface area contributed by atoms with Gasteiger partial charge in [0.25, 0.3) is 5.91 Å². The predicted molar refractivity (Wildman–Crippen MR) is 78.2 cm³/mol. The summed E-state index contributed by atoms with van der Waals surface area (Å²) < 4.78 is 5.11. The van der Waals surface area contributed by atoms with Crippen molar-refractivity contribution in [1.82, 2.24) is 10.5 Å². The van der Waals surface area contributed by atoms with E-state index in [9.17, 15) is 9.59 Å². The van der Waals surface area contributed by atoms with Gasteiger partial charge in [0.1, 0.15) is 6.04 Å². The van der Waals surface area contributed by atoms with Crippen LogP contribution in [0, 0.1) is 5.92 Å². The quantitative estimate of drug-likeness (QED) is 0.855. The highest BCUT2D eigenvalue weighted by molar-refractivity contribution is 7.13. The maximum atomic E-state index is 12.1. The molecule has 7 heteroatoms. The molecular formula is C14H16N2O4S. The molecule has 0 radical (unpaired) electrons. The van der Waals surface area contributed by atoms with E-state index in [1.54, 1.807) is 6.92 Å². The maximum Gasteiger partial charge on any atom is 0.326 e. The predicted octanol–water partition coefficient (Wildman–Crippen LogP) is 2.63. The molecule has 112 valence electrons. The van der Waals surface area contributed by atoms with Crippen molar-refractivity contribution in [2.24, 2.45) is 5.92 Å². The van der Waals surface area contributed by atoms with Crippen LogP contribution in [0.2, 0.25) is 0 Å². The zero-order valence-electron chi connectivity index (χ0n) is 11.7. The Hall–Kier alpha value is -2.15. The van der Waals surface area contributed by atoms with Crippen molar-refractivity contribution in [3.63, 3.8) is 0 Å². The van der Waals surface area contributed by atoms with Crippen LogP contribution < -0.4 is 5.32 Å². The van der Waals surface area contributed by atoms with Crippen molar-refractivity contribution in [1.29, 1.82) is 0 Å². The van der Waals surface area contributed by atoms with Crippen LogP contribution in [-0.2, 0) is 4.79 Å². The molecule has 2 rings (SSSR count). The van der Waals surface area contributed by atoms with Crippen molar-refractivity contribution in [2.45, 2.75) is 26.3 Å². The van der Waals surface area contributed by atoms with Crippen LogP contribution in [0.25, 0.3) is 10.6 Å². The first kappa shape index (κ1) is 15.2. The van der Waals surface area contributed by atoms with Crippen molar-refractivity contribution in [3.05, 3.63) is 29.3 Å². The Morgan fingerprint density at radius 2 is 2.29 bits per heavy atom. The van der Waals surface area contributed by atoms with E-state index in [1.165, 1.54) is 17.4 Å². The molecule has 0 aromatic carbocycles. The summed E-state index contributed by atoms with van der Waals surface area (Å²) in [5.74, 6) is -1.28. The fourth-order valence-corrected chi connectivity index (χ4v) is 2.49. The largest absolute Gasteiger partial charge is 0.480 e. The Balaban J connectivity index is 2.11. The monoisotopic (exact) mass is 308 g/mol. The van der Waals surface area contributed by atoms with Gasteiger partial charge in [-0.3, -0.25) is 4.79 Å². The highest BCUT2D eigenvalue weighted by Gasteiger charge is 2.27. The summed E-state index contributed by atoms with van der Waals surface area (Å²) in [5, 5.41) is 17.2. The second-order valence-electron chi connectivity index (χ2n) is 4.73. The minimum Gasteiger partial charge on any atom is -0.480 e. The van der Waals surface area contributed by atoms with Crippen LogP contribution in [0.5, 0.6) is 0 Å². The lowest BCUT2D eigenvalue weighted by molar-refractivity contribution is -0.140. The van der Waals surface area contributed by atoms with Crippen LogP contribution in [-0.4, -0.2) is 28.2 Å². The van der Waals surface area contributed by atoms with Gasteiger partial charge < -0.3 is 14.9 Å². The fourth-order valence-electron chi connectivity index (χ4n) is 1.82. The first-order valence-corrected chi connectivity index (χ1v) is 7.45. The van der Waals surface area contributed by atoms with Crippen molar-refractivity contribution in [3.8, 4) is 10.6 Å². The zero-order chi connectivity index (χ0) is 15.4. The molecule has 2 aromatic rings. The smallest absolute Gasteiger partial charge is 0.326 e. The molecule has 1 amide bonds. The van der Waals surface area contributed by atoms with Crippen molar-refractivity contribution < 1.29 is 19.2 Å². The molecule has 0 saturated carbocycles. The molecule has 2 N–H and O–H groups in total. The van der Waals surface area contributed by atoms with E-state index in [4.69, 9.17) is 9.63 Å². The van der Waals surface area contributed by atoms with Gasteiger partial charge in [-0.1, -0.05) is 31.5 Å². The van der Waals surface area contributed by atoms with Crippen LogP contribution in [0.4, 0.5) is 0 Å². The van der Waals surface area contributed by atoms with E-state index in [0.717, 1.165) is 4.88 Å². The minimum atomic E-state index is -1.06. The lowest BCUT2D eigenvalue weighted by Crippen LogP contribution is -2.45. The normalized spacial score (nSPS) is 13.6. The third-order valence-corrected chi connectivity index (χ3v) is 4.16. The van der Waals surface area contributed by atoms with Crippen molar-refractivity contribution in [2.75, 3.05) is 0 Å². The van der Waals surface area contributed by atoms with Gasteiger partial charge in [0, 0.05) is 6.07 Å². The van der Waals surface area contributed by atoms with Gasteiger partial charge in [-0.15, -0.1) is 11.3 Å². The standard InChI is InChI=1S/C14H16N2O4S/c1-3-8(2)12(14(18)19)15-13(17)9-7-10(20-16-9)11-5-4-6-21-11/h4-8,12H,3H2,1-2H3,(H,15,17)(H,18,19)/t8-,12-/m0/s1. The van der Waals surface area contributed by atoms with Crippen LogP contribution in [0.1, 0.15) is 30.8 Å². The minimum absolute atomic E-state index is 0.0768. The molecule has 0 unspecified atom stereocenters. The second kappa shape index (κ2) is 6.53. The molecule has 0 bridgehead atoms. The number of thiophene rings is 1. The highest BCUT2D eigenvalue weighted by atomic mass is 32.1. The molecule has 2 aromatic heterocycles. The second-order valence-corrected chi connectivity index (χ2v) is 5.68. The van der Waals surface area contributed by atoms with E-state index in [2.05, 4.69) is 10.5 Å². The van der Waals surface area contributed by atoms with Crippen LogP contribution in [0.15, 0.2) is 28.1 Å². The van der Waals surface area contributed by atoms with Gasteiger partial charge in [0.2, 0.25) is 0 Å². The van der Waals surface area contributed by atoms with E-state index in [-0.39, 0.29) is 11.6 Å². The Bertz CT molecular complexity index is 621. The van der Waals surface area contributed by atoms with Gasteiger partial charge in [0.05, 0.1) is 4.88 Å². The number of carboxylic acids is 1. The SMILES string of the molecule is CC[C@H](C)[C@H](NC(=O)c1cc(-c2cccs2)on1)C(=O)O.